The molecule has 8 nitrogen and oxygen atoms in total. The summed E-state index contributed by atoms with van der Waals surface area (Å²) in [5, 5.41) is 11.3. The van der Waals surface area contributed by atoms with Gasteiger partial charge < -0.3 is 4.90 Å². The van der Waals surface area contributed by atoms with Crippen molar-refractivity contribution < 1.29 is 23.7 Å². The van der Waals surface area contributed by atoms with Crippen molar-refractivity contribution in [2.24, 2.45) is 0 Å². The Morgan fingerprint density at radius 1 is 0.970 bits per heavy atom. The third-order valence-electron chi connectivity index (χ3n) is 5.55. The number of hydrogen-bond donors (Lipinski definition) is 0. The maximum absolute atomic E-state index is 13.5. The Morgan fingerprint density at radius 3 is 2.24 bits per heavy atom. The average Bonchev–Trinajstić information content (AvgIpc) is 3.06. The smallest absolute Gasteiger partial charge is 0.282 e. The summed E-state index contributed by atoms with van der Waals surface area (Å²) < 4.78 is 13.5. The quantitative estimate of drug-likeness (QED) is 0.327. The molecule has 166 valence electrons. The molecule has 0 bridgehead atoms. The lowest BCUT2D eigenvalue weighted by Crippen LogP contribution is -2.42. The lowest BCUT2D eigenvalue weighted by Gasteiger charge is -2.30. The van der Waals surface area contributed by atoms with Gasteiger partial charge in [0.05, 0.1) is 16.5 Å². The Bertz CT molecular complexity index is 1260. The zero-order chi connectivity index (χ0) is 23.7. The van der Waals surface area contributed by atoms with Crippen LogP contribution in [-0.2, 0) is 4.79 Å². The van der Waals surface area contributed by atoms with Crippen LogP contribution in [0.2, 0.25) is 0 Å². The molecule has 3 amide bonds. The minimum Gasteiger partial charge on any atom is -0.333 e. The van der Waals surface area contributed by atoms with Gasteiger partial charge in [-0.05, 0) is 29.3 Å². The van der Waals surface area contributed by atoms with E-state index < -0.39 is 46.7 Å². The minimum atomic E-state index is -0.887. The number of amides is 3. The van der Waals surface area contributed by atoms with Crippen molar-refractivity contribution in [1.29, 1.82) is 0 Å². The zero-order valence-electron chi connectivity index (χ0n) is 17.5. The van der Waals surface area contributed by atoms with Crippen LogP contribution >= 0.6 is 0 Å². The fraction of sp³-hybridized carbons (Fsp3) is 0.125. The van der Waals surface area contributed by atoms with Crippen molar-refractivity contribution in [2.45, 2.75) is 6.04 Å². The molecule has 1 aliphatic heterocycles. The minimum absolute atomic E-state index is 0.109. The number of rotatable bonds is 6. The van der Waals surface area contributed by atoms with Crippen LogP contribution < -0.4 is 0 Å². The van der Waals surface area contributed by atoms with Gasteiger partial charge in [0.15, 0.2) is 0 Å². The topological polar surface area (TPSA) is 101 Å². The molecule has 0 radical (unpaired) electrons. The molecule has 0 saturated heterocycles. The predicted octanol–water partition coefficient (Wildman–Crippen LogP) is 3.58. The molecule has 0 aliphatic carbocycles. The van der Waals surface area contributed by atoms with Gasteiger partial charge in [-0.15, -0.1) is 0 Å². The van der Waals surface area contributed by atoms with E-state index in [0.29, 0.717) is 10.5 Å². The highest BCUT2D eigenvalue weighted by Gasteiger charge is 2.42. The molecule has 1 heterocycles. The summed E-state index contributed by atoms with van der Waals surface area (Å²) in [5.74, 6) is -2.64. The molecule has 0 N–H and O–H groups in total. The van der Waals surface area contributed by atoms with Crippen LogP contribution in [0.1, 0.15) is 37.9 Å². The van der Waals surface area contributed by atoms with Gasteiger partial charge in [0.1, 0.15) is 17.9 Å². The van der Waals surface area contributed by atoms with Gasteiger partial charge in [0.25, 0.3) is 17.5 Å². The number of carbonyl (C=O) groups excluding carboxylic acids is 3. The largest absolute Gasteiger partial charge is 0.333 e. The SMILES string of the molecule is CN(C(=O)CN1C(=O)c2cccc([N+](=O)[O-])c2C1=O)C(c1ccccc1)c1ccc(F)cc1. The zero-order valence-corrected chi connectivity index (χ0v) is 17.5. The van der Waals surface area contributed by atoms with Crippen molar-refractivity contribution in [3.63, 3.8) is 0 Å². The van der Waals surface area contributed by atoms with Crippen molar-refractivity contribution in [2.75, 3.05) is 13.6 Å². The number of carbonyl (C=O) groups is 3. The highest BCUT2D eigenvalue weighted by atomic mass is 19.1. The van der Waals surface area contributed by atoms with Crippen LogP contribution in [0.3, 0.4) is 0 Å². The number of benzene rings is 3. The Hall–Kier alpha value is -4.40. The Labute approximate surface area is 188 Å². The molecule has 1 unspecified atom stereocenters. The summed E-state index contributed by atoms with van der Waals surface area (Å²) in [6.45, 7) is -0.593. The van der Waals surface area contributed by atoms with Gasteiger partial charge >= 0.3 is 0 Å². The summed E-state index contributed by atoms with van der Waals surface area (Å²) in [5.41, 5.74) is 0.473. The van der Waals surface area contributed by atoms with E-state index in [4.69, 9.17) is 0 Å². The third kappa shape index (κ3) is 3.96. The van der Waals surface area contributed by atoms with Crippen LogP contribution in [0.25, 0.3) is 0 Å². The predicted molar refractivity (Wildman–Crippen MR) is 116 cm³/mol. The van der Waals surface area contributed by atoms with Gasteiger partial charge in [-0.3, -0.25) is 29.4 Å². The molecular formula is C24H18FN3O5. The van der Waals surface area contributed by atoms with Gasteiger partial charge in [-0.1, -0.05) is 48.5 Å². The van der Waals surface area contributed by atoms with Crippen molar-refractivity contribution in [3.8, 4) is 0 Å². The average molecular weight is 447 g/mol. The van der Waals surface area contributed by atoms with Gasteiger partial charge in [-0.25, -0.2) is 4.39 Å². The van der Waals surface area contributed by atoms with E-state index in [-0.39, 0.29) is 11.1 Å². The van der Waals surface area contributed by atoms with Crippen LogP contribution in [0, 0.1) is 15.9 Å². The summed E-state index contributed by atoms with van der Waals surface area (Å²) in [6, 6.07) is 17.9. The third-order valence-corrected chi connectivity index (χ3v) is 5.55. The molecule has 3 aromatic rings. The second-order valence-corrected chi connectivity index (χ2v) is 7.52. The first-order valence-electron chi connectivity index (χ1n) is 9.99. The lowest BCUT2D eigenvalue weighted by atomic mass is 9.97. The Kier molecular flexibility index (Phi) is 5.70. The normalized spacial score (nSPS) is 13.6. The van der Waals surface area contributed by atoms with Crippen LogP contribution in [0.4, 0.5) is 10.1 Å². The van der Waals surface area contributed by atoms with Crippen LogP contribution in [-0.4, -0.2) is 46.0 Å². The van der Waals surface area contributed by atoms with E-state index in [2.05, 4.69) is 0 Å². The fourth-order valence-corrected chi connectivity index (χ4v) is 3.92. The molecule has 33 heavy (non-hydrogen) atoms. The highest BCUT2D eigenvalue weighted by Crippen LogP contribution is 2.32. The van der Waals surface area contributed by atoms with Gasteiger partial charge in [-0.2, -0.15) is 0 Å². The standard InChI is InChI=1S/C24H18FN3O5/c1-26(22(15-6-3-2-4-7-15)16-10-12-17(25)13-11-16)20(29)14-27-23(30)18-8-5-9-19(28(32)33)21(18)24(27)31/h2-13,22H,14H2,1H3. The molecule has 1 aliphatic rings. The molecular weight excluding hydrogens is 429 g/mol. The summed E-state index contributed by atoms with van der Waals surface area (Å²) in [4.78, 5) is 51.4. The first-order valence-corrected chi connectivity index (χ1v) is 9.99. The van der Waals surface area contributed by atoms with E-state index >= 15 is 0 Å². The molecule has 0 spiro atoms. The van der Waals surface area contributed by atoms with Crippen molar-refractivity contribution in [1.82, 2.24) is 9.80 Å². The van der Waals surface area contributed by atoms with E-state index in [0.717, 1.165) is 11.6 Å². The molecule has 0 fully saturated rings. The Morgan fingerprint density at radius 2 is 1.61 bits per heavy atom. The van der Waals surface area contributed by atoms with E-state index in [1.54, 1.807) is 24.3 Å². The summed E-state index contributed by atoms with van der Waals surface area (Å²) in [6.07, 6.45) is 0. The van der Waals surface area contributed by atoms with Crippen LogP contribution in [0.5, 0.6) is 0 Å². The number of nitro benzene ring substituents is 1. The van der Waals surface area contributed by atoms with Crippen molar-refractivity contribution in [3.05, 3.63) is 111 Å². The number of fused-ring (bicyclic) bond motifs is 1. The van der Waals surface area contributed by atoms with Crippen molar-refractivity contribution >= 4 is 23.4 Å². The molecule has 0 saturated carbocycles. The number of nitro groups is 1. The first kappa shape index (κ1) is 21.8. The monoisotopic (exact) mass is 447 g/mol. The van der Waals surface area contributed by atoms with E-state index in [1.807, 2.05) is 18.2 Å². The highest BCUT2D eigenvalue weighted by molar-refractivity contribution is 6.24. The van der Waals surface area contributed by atoms with E-state index in [9.17, 15) is 28.9 Å². The van der Waals surface area contributed by atoms with Gasteiger partial charge in [0.2, 0.25) is 5.91 Å². The first-order chi connectivity index (χ1) is 15.8. The second kappa shape index (κ2) is 8.62. The number of likely N-dealkylation sites (N-methyl/N-ethyl adjacent to an activating group) is 1. The second-order valence-electron chi connectivity index (χ2n) is 7.52. The summed E-state index contributed by atoms with van der Waals surface area (Å²) >= 11 is 0. The van der Waals surface area contributed by atoms with E-state index in [1.165, 1.54) is 36.2 Å². The van der Waals surface area contributed by atoms with Gasteiger partial charge in [0, 0.05) is 13.1 Å². The molecule has 0 aromatic heterocycles. The number of imide groups is 1. The molecule has 3 aromatic carbocycles. The lowest BCUT2D eigenvalue weighted by molar-refractivity contribution is -0.385. The summed E-state index contributed by atoms with van der Waals surface area (Å²) in [7, 11) is 1.52. The molecule has 4 rings (SSSR count). The number of nitrogens with zero attached hydrogens (tertiary/aromatic N) is 3. The fourth-order valence-electron chi connectivity index (χ4n) is 3.92. The van der Waals surface area contributed by atoms with Crippen LogP contribution in [0.15, 0.2) is 72.8 Å². The Balaban J connectivity index is 1.64. The molecule has 9 heteroatoms. The number of halogens is 1. The molecule has 1 atom stereocenters. The number of hydrogen-bond acceptors (Lipinski definition) is 5. The maximum Gasteiger partial charge on any atom is 0.282 e. The maximum atomic E-state index is 13.5.